The van der Waals surface area contributed by atoms with Crippen LogP contribution in [-0.2, 0) is 51.3 Å². The van der Waals surface area contributed by atoms with Gasteiger partial charge in [-0.15, -0.1) is 0 Å². The van der Waals surface area contributed by atoms with Crippen LogP contribution in [0.25, 0.3) is 21.5 Å². The molecule has 0 fully saturated rings. The third-order valence-electron chi connectivity index (χ3n) is 10.0. The molecule has 296 valence electrons. The van der Waals surface area contributed by atoms with Crippen molar-refractivity contribution in [1.82, 2.24) is 0 Å². The molecule has 4 aromatic carbocycles. The topological polar surface area (TPSA) is 224 Å². The van der Waals surface area contributed by atoms with Gasteiger partial charge in [-0.25, -0.2) is 0 Å². The maximum Gasteiger partial charge on any atom is 0.326 e. The van der Waals surface area contributed by atoms with E-state index >= 15 is 0 Å². The second kappa shape index (κ2) is 13.8. The zero-order chi connectivity index (χ0) is 41.4. The summed E-state index contributed by atoms with van der Waals surface area (Å²) in [5, 5.41) is 2.26. The average Bonchev–Trinajstić information content (AvgIpc) is 3.40. The lowest BCUT2D eigenvalue weighted by molar-refractivity contribution is -0.415. The van der Waals surface area contributed by atoms with Gasteiger partial charge in [-0.3, -0.25) is 18.2 Å². The normalized spacial score (nSPS) is 18.3. The molecule has 18 heteroatoms. The number of anilines is 1. The third kappa shape index (κ3) is 7.88. The van der Waals surface area contributed by atoms with Crippen molar-refractivity contribution in [3.05, 3.63) is 120 Å². The van der Waals surface area contributed by atoms with E-state index in [4.69, 9.17) is 0 Å². The van der Waals surface area contributed by atoms with E-state index < -0.39 is 63.1 Å². The molecule has 4 N–H and O–H groups in total. The first-order valence-corrected chi connectivity index (χ1v) is 23.0. The molecule has 0 amide bonds. The van der Waals surface area contributed by atoms with E-state index in [2.05, 4.69) is 0 Å². The van der Waals surface area contributed by atoms with Crippen LogP contribution in [0.15, 0.2) is 118 Å². The summed E-state index contributed by atoms with van der Waals surface area (Å²) in [6.07, 6.45) is 10.4. The fourth-order valence-corrected chi connectivity index (χ4v) is 9.95. The van der Waals surface area contributed by atoms with Gasteiger partial charge in [0, 0.05) is 34.5 Å². The molecule has 0 atom stereocenters. The average molecular weight is 844 g/mol. The Morgan fingerprint density at radius 1 is 0.696 bits per heavy atom. The Labute approximate surface area is 325 Å². The van der Waals surface area contributed by atoms with Crippen LogP contribution < -0.4 is 4.90 Å². The predicted octanol–water partition coefficient (Wildman–Crippen LogP) is 6.29. The molecule has 0 bridgehead atoms. The smallest absolute Gasteiger partial charge is 0.326 e. The standard InChI is InChI=1S/C38H38N2O12S4/c1-24(8-6-10-33-37(2,3)35-29-16-14-27(55(47,48)49)20-25(29)12-18-31(35)39(33)22-53(41,42)43)9-7-11-34-38(4,5)36-30-17-15-28(56(50,51)52)21-26(30)13-19-32(36)40(34)23-54(44,45)46/h6-21H,22-23H2,1-5H3,(H3-,41,42,43,44,45,46,47,48,49,50,51,52)/p+1. The minimum atomic E-state index is -4.51. The second-order valence-electron chi connectivity index (χ2n) is 14.7. The molecule has 0 radical (unpaired) electrons. The maximum atomic E-state index is 12.2. The van der Waals surface area contributed by atoms with Gasteiger partial charge in [0.25, 0.3) is 36.2 Å². The zero-order valence-corrected chi connectivity index (χ0v) is 34.0. The van der Waals surface area contributed by atoms with Gasteiger partial charge in [0.1, 0.15) is 0 Å². The first-order valence-electron chi connectivity index (χ1n) is 16.9. The summed E-state index contributed by atoms with van der Waals surface area (Å²) < 4.78 is 136. The van der Waals surface area contributed by atoms with E-state index in [1.54, 1.807) is 79.8 Å². The number of rotatable bonds is 10. The molecular formula is C38H39N2O12S4+. The summed E-state index contributed by atoms with van der Waals surface area (Å²) in [5.74, 6) is -1.49. The van der Waals surface area contributed by atoms with Crippen molar-refractivity contribution >= 4 is 79.1 Å². The minimum Gasteiger partial charge on any atom is -0.327 e. The lowest BCUT2D eigenvalue weighted by atomic mass is 9.79. The molecule has 2 heterocycles. The van der Waals surface area contributed by atoms with E-state index in [9.17, 15) is 51.9 Å². The van der Waals surface area contributed by atoms with E-state index in [1.165, 1.54) is 33.7 Å². The van der Waals surface area contributed by atoms with Crippen LogP contribution in [0.3, 0.4) is 0 Å². The van der Waals surface area contributed by atoms with Crippen LogP contribution in [0.1, 0.15) is 45.7 Å². The van der Waals surface area contributed by atoms with Crippen LogP contribution in [0.5, 0.6) is 0 Å². The Morgan fingerprint density at radius 3 is 1.79 bits per heavy atom. The van der Waals surface area contributed by atoms with Crippen molar-refractivity contribution in [1.29, 1.82) is 0 Å². The lowest BCUT2D eigenvalue weighted by Gasteiger charge is -2.26. The van der Waals surface area contributed by atoms with Gasteiger partial charge in [-0.2, -0.15) is 38.2 Å². The zero-order valence-electron chi connectivity index (χ0n) is 30.7. The number of hydrogen-bond donors (Lipinski definition) is 4. The molecule has 56 heavy (non-hydrogen) atoms. The Hall–Kier alpha value is -4.53. The molecule has 14 nitrogen and oxygen atoms in total. The van der Waals surface area contributed by atoms with Gasteiger partial charge in [0.15, 0.2) is 11.6 Å². The highest BCUT2D eigenvalue weighted by Gasteiger charge is 2.47. The van der Waals surface area contributed by atoms with Crippen molar-refractivity contribution in [2.75, 3.05) is 16.7 Å². The summed E-state index contributed by atoms with van der Waals surface area (Å²) in [5.41, 5.74) is 2.46. The quantitative estimate of drug-likeness (QED) is 0.0783. The van der Waals surface area contributed by atoms with E-state index in [-0.39, 0.29) is 9.79 Å². The number of benzene rings is 4. The third-order valence-corrected chi connectivity index (χ3v) is 12.9. The van der Waals surface area contributed by atoms with Gasteiger partial charge in [-0.05, 0) is 90.4 Å². The SMILES string of the molecule is CC(C=CC=C1N(CS(=O)(=O)O)c2ccc3cc(S(=O)(=O)O)ccc3c2C1(C)C)=CC=CC1=[N+](CS(=O)(=O)O)c2ccc3cc(S(=O)(=O)O)ccc3c2C1(C)C. The molecule has 0 spiro atoms. The van der Waals surface area contributed by atoms with Crippen LogP contribution in [0, 0.1) is 0 Å². The Balaban J connectivity index is 1.36. The number of nitrogens with zero attached hydrogens (tertiary/aromatic N) is 2. The van der Waals surface area contributed by atoms with E-state index in [1.807, 2.05) is 27.7 Å². The first kappa shape index (κ1) is 41.1. The predicted molar refractivity (Wildman–Crippen MR) is 214 cm³/mol. The van der Waals surface area contributed by atoms with Gasteiger partial charge in [0.2, 0.25) is 5.69 Å². The van der Waals surface area contributed by atoms with Crippen molar-refractivity contribution < 1.29 is 56.5 Å². The van der Waals surface area contributed by atoms with E-state index in [0.717, 1.165) is 5.57 Å². The molecule has 0 saturated carbocycles. The molecule has 0 aliphatic carbocycles. The molecular weight excluding hydrogens is 805 g/mol. The lowest BCUT2D eigenvalue weighted by Crippen LogP contribution is -2.30. The fourth-order valence-electron chi connectivity index (χ4n) is 7.71. The van der Waals surface area contributed by atoms with Crippen LogP contribution in [0.2, 0.25) is 0 Å². The summed E-state index contributed by atoms with van der Waals surface area (Å²) >= 11 is 0. The molecule has 4 aromatic rings. The molecule has 2 aliphatic heterocycles. The molecule has 6 rings (SSSR count). The highest BCUT2D eigenvalue weighted by Crippen LogP contribution is 2.51. The monoisotopic (exact) mass is 843 g/mol. The summed E-state index contributed by atoms with van der Waals surface area (Å²) in [6, 6.07) is 14.7. The van der Waals surface area contributed by atoms with Gasteiger partial charge in [0.05, 0.1) is 15.2 Å². The molecule has 2 aliphatic rings. The van der Waals surface area contributed by atoms with Gasteiger partial charge >= 0.3 is 10.1 Å². The summed E-state index contributed by atoms with van der Waals surface area (Å²) in [7, 11) is -18.0. The number of allylic oxidation sites excluding steroid dienone is 8. The Morgan fingerprint density at radius 2 is 1.25 bits per heavy atom. The first-order chi connectivity index (χ1) is 25.7. The van der Waals surface area contributed by atoms with Crippen LogP contribution >= 0.6 is 0 Å². The second-order valence-corrected chi connectivity index (χ2v) is 20.4. The highest BCUT2D eigenvalue weighted by atomic mass is 32.2. The Kier molecular flexibility index (Phi) is 10.2. The Bertz CT molecular complexity index is 2980. The highest BCUT2D eigenvalue weighted by molar-refractivity contribution is 7.86. The largest absolute Gasteiger partial charge is 0.327 e. The van der Waals surface area contributed by atoms with Crippen molar-refractivity contribution in [2.24, 2.45) is 0 Å². The fraction of sp³-hybridized carbons (Fsp3) is 0.237. The summed E-state index contributed by atoms with van der Waals surface area (Å²) in [4.78, 5) is 0.889. The van der Waals surface area contributed by atoms with Crippen molar-refractivity contribution in [3.8, 4) is 0 Å². The van der Waals surface area contributed by atoms with Gasteiger partial charge < -0.3 is 4.90 Å². The maximum absolute atomic E-state index is 12.2. The van der Waals surface area contributed by atoms with Crippen LogP contribution in [0.4, 0.5) is 11.4 Å². The minimum absolute atomic E-state index is 0.290. The molecule has 0 aromatic heterocycles. The van der Waals surface area contributed by atoms with Gasteiger partial charge in [-0.1, -0.05) is 61.9 Å². The van der Waals surface area contributed by atoms with Crippen LogP contribution in [-0.4, -0.2) is 73.9 Å². The van der Waals surface area contributed by atoms with Crippen molar-refractivity contribution in [3.63, 3.8) is 0 Å². The number of hydrogen-bond acceptors (Lipinski definition) is 9. The van der Waals surface area contributed by atoms with Crippen molar-refractivity contribution in [2.45, 2.75) is 55.2 Å². The molecule has 0 unspecified atom stereocenters. The van der Waals surface area contributed by atoms with E-state index in [0.29, 0.717) is 55.5 Å². The molecule has 0 saturated heterocycles. The summed E-state index contributed by atoms with van der Waals surface area (Å²) in [6.45, 7) is 9.27. The number of fused-ring (bicyclic) bond motifs is 6.